The summed E-state index contributed by atoms with van der Waals surface area (Å²) >= 11 is 0. The Morgan fingerprint density at radius 1 is 0.963 bits per heavy atom. The molecule has 0 amide bonds. The number of benzene rings is 3. The van der Waals surface area contributed by atoms with Crippen molar-refractivity contribution in [3.63, 3.8) is 0 Å². The molecule has 0 saturated carbocycles. The van der Waals surface area contributed by atoms with Crippen molar-refractivity contribution in [1.29, 1.82) is 0 Å². The molecule has 0 aliphatic carbocycles. The Kier molecular flexibility index (Phi) is 4.09. The fraction of sp³-hybridized carbons (Fsp3) is 0.0435. The number of ketones is 1. The number of rotatable bonds is 3. The normalized spacial score (nSPS) is 11.4. The van der Waals surface area contributed by atoms with E-state index in [4.69, 9.17) is 4.42 Å². The van der Waals surface area contributed by atoms with E-state index in [9.17, 15) is 14.7 Å². The molecule has 0 aliphatic rings. The van der Waals surface area contributed by atoms with Crippen molar-refractivity contribution in [2.75, 3.05) is 0 Å². The van der Waals surface area contributed by atoms with Crippen LogP contribution in [0, 0.1) is 6.92 Å². The maximum atomic E-state index is 12.5. The number of hydrogen-bond donors (Lipinski definition) is 1. The highest BCUT2D eigenvalue weighted by atomic mass is 16.4. The van der Waals surface area contributed by atoms with Gasteiger partial charge in [0.05, 0.1) is 0 Å². The quantitative estimate of drug-likeness (QED) is 0.323. The molecular weight excluding hydrogens is 340 g/mol. The van der Waals surface area contributed by atoms with Crippen molar-refractivity contribution in [3.8, 4) is 5.75 Å². The van der Waals surface area contributed by atoms with Gasteiger partial charge in [-0.3, -0.25) is 4.79 Å². The lowest BCUT2D eigenvalue weighted by Crippen LogP contribution is -2.12. The Morgan fingerprint density at radius 2 is 1.63 bits per heavy atom. The second kappa shape index (κ2) is 6.57. The minimum absolute atomic E-state index is 0.249. The molecule has 0 saturated heterocycles. The number of aryl methyl sites for hydroxylation is 1. The van der Waals surface area contributed by atoms with Crippen molar-refractivity contribution in [1.82, 2.24) is 0 Å². The number of aromatic hydroxyl groups is 1. The van der Waals surface area contributed by atoms with Crippen molar-refractivity contribution in [3.05, 3.63) is 94.0 Å². The van der Waals surface area contributed by atoms with E-state index >= 15 is 0 Å². The molecule has 4 aromatic rings. The van der Waals surface area contributed by atoms with Gasteiger partial charge in [-0.25, -0.2) is 4.79 Å². The Hall–Kier alpha value is -3.66. The summed E-state index contributed by atoms with van der Waals surface area (Å²) in [7, 11) is 0. The number of hydrogen-bond acceptors (Lipinski definition) is 4. The molecule has 0 bridgehead atoms. The molecule has 1 heterocycles. The maximum absolute atomic E-state index is 12.5. The lowest BCUT2D eigenvalue weighted by Gasteiger charge is -2.07. The van der Waals surface area contributed by atoms with E-state index in [0.29, 0.717) is 0 Å². The van der Waals surface area contributed by atoms with Crippen molar-refractivity contribution in [2.45, 2.75) is 6.92 Å². The largest absolute Gasteiger partial charge is 0.507 e. The molecule has 4 nitrogen and oxygen atoms in total. The monoisotopic (exact) mass is 356 g/mol. The van der Waals surface area contributed by atoms with Crippen molar-refractivity contribution < 1.29 is 14.3 Å². The van der Waals surface area contributed by atoms with Crippen LogP contribution in [0.2, 0.25) is 0 Å². The van der Waals surface area contributed by atoms with Crippen LogP contribution < -0.4 is 5.63 Å². The summed E-state index contributed by atoms with van der Waals surface area (Å²) in [5, 5.41) is 14.2. The molecule has 1 aromatic heterocycles. The predicted octanol–water partition coefficient (Wildman–Crippen LogP) is 4.86. The summed E-state index contributed by atoms with van der Waals surface area (Å²) in [6.45, 7) is 1.53. The highest BCUT2D eigenvalue weighted by Crippen LogP contribution is 2.29. The number of carbonyl (C=O) groups excluding carboxylic acids is 1. The third-order valence-electron chi connectivity index (χ3n) is 4.51. The van der Waals surface area contributed by atoms with E-state index in [-0.39, 0.29) is 17.1 Å². The van der Waals surface area contributed by atoms with E-state index in [1.54, 1.807) is 6.08 Å². The molecular formula is C23H16O4. The van der Waals surface area contributed by atoms with E-state index in [1.807, 2.05) is 48.5 Å². The van der Waals surface area contributed by atoms with Gasteiger partial charge in [0.1, 0.15) is 17.1 Å². The van der Waals surface area contributed by atoms with Gasteiger partial charge in [-0.05, 0) is 46.2 Å². The summed E-state index contributed by atoms with van der Waals surface area (Å²) in [6.07, 6.45) is 2.95. The minimum Gasteiger partial charge on any atom is -0.507 e. The first kappa shape index (κ1) is 16.8. The van der Waals surface area contributed by atoms with Gasteiger partial charge in [0.15, 0.2) is 5.78 Å². The van der Waals surface area contributed by atoms with Gasteiger partial charge in [-0.15, -0.1) is 0 Å². The zero-order chi connectivity index (χ0) is 19.0. The van der Waals surface area contributed by atoms with E-state index < -0.39 is 11.4 Å². The van der Waals surface area contributed by atoms with Gasteiger partial charge in [0, 0.05) is 6.07 Å². The van der Waals surface area contributed by atoms with Gasteiger partial charge < -0.3 is 9.52 Å². The van der Waals surface area contributed by atoms with Crippen LogP contribution in [0.1, 0.15) is 21.7 Å². The van der Waals surface area contributed by atoms with E-state index in [2.05, 4.69) is 6.07 Å². The van der Waals surface area contributed by atoms with Crippen molar-refractivity contribution >= 4 is 33.4 Å². The van der Waals surface area contributed by atoms with E-state index in [0.717, 1.165) is 27.1 Å². The molecule has 1 N–H and O–H groups in total. The second-order valence-electron chi connectivity index (χ2n) is 6.33. The zero-order valence-corrected chi connectivity index (χ0v) is 14.6. The molecule has 27 heavy (non-hydrogen) atoms. The minimum atomic E-state index is -0.842. The first-order chi connectivity index (χ1) is 13.0. The molecule has 132 valence electrons. The number of fused-ring (bicyclic) bond motifs is 3. The van der Waals surface area contributed by atoms with Crippen LogP contribution in [0.15, 0.2) is 76.0 Å². The standard InChI is InChI=1S/C23H16O4/c1-14-12-21(25)22(23(26)27-14)20(24)11-10-16-13-15-6-2-3-7-17(15)19-9-5-4-8-18(16)19/h2-13,25H,1H3/b11-10+. The van der Waals surface area contributed by atoms with Crippen LogP contribution in [0.25, 0.3) is 27.6 Å². The second-order valence-corrected chi connectivity index (χ2v) is 6.33. The van der Waals surface area contributed by atoms with E-state index in [1.165, 1.54) is 19.1 Å². The topological polar surface area (TPSA) is 67.5 Å². The lowest BCUT2D eigenvalue weighted by molar-refractivity contribution is 0.104. The van der Waals surface area contributed by atoms with Crippen LogP contribution in [-0.4, -0.2) is 10.9 Å². The predicted molar refractivity (Wildman–Crippen MR) is 106 cm³/mol. The van der Waals surface area contributed by atoms with Gasteiger partial charge in [-0.2, -0.15) is 0 Å². The molecule has 3 aromatic carbocycles. The van der Waals surface area contributed by atoms with Crippen LogP contribution in [0.5, 0.6) is 5.75 Å². The van der Waals surface area contributed by atoms with Crippen molar-refractivity contribution in [2.24, 2.45) is 0 Å². The van der Waals surface area contributed by atoms with Gasteiger partial charge in [0.2, 0.25) is 0 Å². The molecule has 4 heteroatoms. The highest BCUT2D eigenvalue weighted by Gasteiger charge is 2.16. The summed E-state index contributed by atoms with van der Waals surface area (Å²) < 4.78 is 4.92. The average Bonchev–Trinajstić information content (AvgIpc) is 2.65. The van der Waals surface area contributed by atoms with Gasteiger partial charge >= 0.3 is 5.63 Å². The van der Waals surface area contributed by atoms with Gasteiger partial charge in [0.25, 0.3) is 0 Å². The van der Waals surface area contributed by atoms with Crippen LogP contribution >= 0.6 is 0 Å². The number of carbonyl (C=O) groups is 1. The number of allylic oxidation sites excluding steroid dienone is 1. The Bertz CT molecular complexity index is 1280. The molecule has 0 atom stereocenters. The lowest BCUT2D eigenvalue weighted by atomic mass is 9.96. The Labute approximate surface area is 155 Å². The fourth-order valence-electron chi connectivity index (χ4n) is 3.29. The van der Waals surface area contributed by atoms with Crippen LogP contribution in [0.3, 0.4) is 0 Å². The SMILES string of the molecule is Cc1cc(O)c(C(=O)/C=C/c2cc3ccccc3c3ccccc23)c(=O)o1. The average molecular weight is 356 g/mol. The maximum Gasteiger partial charge on any atom is 0.351 e. The summed E-state index contributed by atoms with van der Waals surface area (Å²) in [6, 6.07) is 19.2. The van der Waals surface area contributed by atoms with Gasteiger partial charge in [-0.1, -0.05) is 54.6 Å². The summed E-state index contributed by atoms with van der Waals surface area (Å²) in [5.41, 5.74) is -0.346. The Morgan fingerprint density at radius 3 is 2.37 bits per heavy atom. The molecule has 0 unspecified atom stereocenters. The van der Waals surface area contributed by atoms with Crippen LogP contribution in [0.4, 0.5) is 0 Å². The molecule has 4 rings (SSSR count). The smallest absolute Gasteiger partial charge is 0.351 e. The van der Waals surface area contributed by atoms with Crippen LogP contribution in [-0.2, 0) is 0 Å². The molecule has 0 fully saturated rings. The fourth-order valence-corrected chi connectivity index (χ4v) is 3.29. The summed E-state index contributed by atoms with van der Waals surface area (Å²) in [4.78, 5) is 24.4. The zero-order valence-electron chi connectivity index (χ0n) is 14.6. The molecule has 0 spiro atoms. The third kappa shape index (κ3) is 3.02. The first-order valence-electron chi connectivity index (χ1n) is 8.51. The molecule has 0 radical (unpaired) electrons. The highest BCUT2D eigenvalue weighted by molar-refractivity contribution is 6.13. The third-order valence-corrected chi connectivity index (χ3v) is 4.51. The first-order valence-corrected chi connectivity index (χ1v) is 8.51. The summed E-state index contributed by atoms with van der Waals surface area (Å²) in [5.74, 6) is -0.723. The Balaban J connectivity index is 1.83. The molecule has 0 aliphatic heterocycles.